The minimum atomic E-state index is -3.77. The highest BCUT2D eigenvalue weighted by Gasteiger charge is 2.22. The fourth-order valence-corrected chi connectivity index (χ4v) is 2.67. The van der Waals surface area contributed by atoms with Gasteiger partial charge in [0.05, 0.1) is 10.7 Å². The first kappa shape index (κ1) is 14.5. The van der Waals surface area contributed by atoms with E-state index in [1.165, 1.54) is 6.07 Å². The first-order chi connectivity index (χ1) is 8.37. The Hall–Kier alpha value is -1.54. The molecule has 0 fully saturated rings. The lowest BCUT2D eigenvalue weighted by Crippen LogP contribution is -2.17. The third-order valence-electron chi connectivity index (χ3n) is 2.02. The molecule has 0 unspecified atom stereocenters. The average Bonchev–Trinajstić information content (AvgIpc) is 2.28. The Bertz CT molecular complexity index is 546. The Labute approximate surface area is 109 Å². The van der Waals surface area contributed by atoms with E-state index in [9.17, 15) is 23.6 Å². The molecule has 0 spiro atoms. The summed E-state index contributed by atoms with van der Waals surface area (Å²) in [5.74, 6) is -0.621. The average molecular weight is 295 g/mol. The highest BCUT2D eigenvalue weighted by Crippen LogP contribution is 2.33. The molecule has 0 aliphatic rings. The Morgan fingerprint density at radius 2 is 2.11 bits per heavy atom. The number of phenols is 1. The van der Waals surface area contributed by atoms with Crippen LogP contribution in [0.25, 0.3) is 0 Å². The van der Waals surface area contributed by atoms with Gasteiger partial charge in [0, 0.05) is 11.9 Å². The Morgan fingerprint density at radius 3 is 2.67 bits per heavy atom. The monoisotopic (exact) mass is 294 g/mol. The third-order valence-corrected chi connectivity index (χ3v) is 3.63. The van der Waals surface area contributed by atoms with Gasteiger partial charge in [-0.2, -0.15) is 0 Å². The molecule has 0 atom stereocenters. The van der Waals surface area contributed by atoms with Gasteiger partial charge >= 0.3 is 0 Å². The van der Waals surface area contributed by atoms with Gasteiger partial charge in [-0.05, 0) is 12.5 Å². The van der Waals surface area contributed by atoms with E-state index < -0.39 is 32.1 Å². The Kier molecular flexibility index (Phi) is 4.74. The summed E-state index contributed by atoms with van der Waals surface area (Å²) in [5, 5.41) is 20.2. The van der Waals surface area contributed by atoms with Crippen LogP contribution in [0.5, 0.6) is 5.75 Å². The smallest absolute Gasteiger partial charge is 0.297 e. The van der Waals surface area contributed by atoms with E-state index in [1.54, 1.807) is 0 Å². The van der Waals surface area contributed by atoms with Gasteiger partial charge < -0.3 is 5.11 Å². The molecule has 0 aliphatic heterocycles. The summed E-state index contributed by atoms with van der Waals surface area (Å²) in [6.07, 6.45) is 0.207. The quantitative estimate of drug-likeness (QED) is 0.359. The maximum absolute atomic E-state index is 11.6. The van der Waals surface area contributed by atoms with Crippen LogP contribution in [0.4, 0.5) is 11.4 Å². The van der Waals surface area contributed by atoms with Crippen LogP contribution in [0.3, 0.4) is 0 Å². The molecule has 0 radical (unpaired) electrons. The van der Waals surface area contributed by atoms with Crippen molar-refractivity contribution in [1.82, 2.24) is 0 Å². The van der Waals surface area contributed by atoms with Crippen molar-refractivity contribution < 1.29 is 18.4 Å². The van der Waals surface area contributed by atoms with E-state index in [0.717, 1.165) is 12.1 Å². The van der Waals surface area contributed by atoms with Gasteiger partial charge in [-0.1, -0.05) is 6.07 Å². The maximum atomic E-state index is 11.6. The largest absolute Gasteiger partial charge is 0.505 e. The third kappa shape index (κ3) is 3.74. The number of halogens is 1. The number of nitro benzene ring substituents is 1. The molecule has 0 saturated heterocycles. The molecule has 1 rings (SSSR count). The zero-order chi connectivity index (χ0) is 13.8. The van der Waals surface area contributed by atoms with Crippen molar-refractivity contribution in [3.8, 4) is 5.75 Å². The summed E-state index contributed by atoms with van der Waals surface area (Å²) in [5.41, 5.74) is -0.943. The number of para-hydroxylation sites is 1. The number of aromatic hydroxyl groups is 1. The summed E-state index contributed by atoms with van der Waals surface area (Å²) in [4.78, 5) is 9.93. The van der Waals surface area contributed by atoms with Gasteiger partial charge in [0.1, 0.15) is 5.75 Å². The van der Waals surface area contributed by atoms with Crippen molar-refractivity contribution in [2.24, 2.45) is 0 Å². The van der Waals surface area contributed by atoms with Crippen molar-refractivity contribution in [3.05, 3.63) is 28.3 Å². The van der Waals surface area contributed by atoms with Crippen LogP contribution >= 0.6 is 11.6 Å². The molecule has 0 heterocycles. The molecule has 0 amide bonds. The summed E-state index contributed by atoms with van der Waals surface area (Å²) in [7, 11) is -3.77. The van der Waals surface area contributed by atoms with Gasteiger partial charge in [-0.25, -0.2) is 8.42 Å². The van der Waals surface area contributed by atoms with E-state index in [2.05, 4.69) is 0 Å². The fraction of sp³-hybridized carbons (Fsp3) is 0.333. The van der Waals surface area contributed by atoms with Crippen molar-refractivity contribution in [2.75, 3.05) is 16.4 Å². The molecule has 0 bridgehead atoms. The van der Waals surface area contributed by atoms with Gasteiger partial charge in [0.15, 0.2) is 5.69 Å². The van der Waals surface area contributed by atoms with Gasteiger partial charge in [0.2, 0.25) is 10.0 Å². The number of nitrogens with one attached hydrogen (secondary N) is 1. The number of alkyl halides is 1. The summed E-state index contributed by atoms with van der Waals surface area (Å²) in [6, 6.07) is 3.51. The minimum Gasteiger partial charge on any atom is -0.505 e. The molecule has 7 nitrogen and oxygen atoms in total. The molecule has 9 heteroatoms. The molecule has 18 heavy (non-hydrogen) atoms. The van der Waals surface area contributed by atoms with Crippen LogP contribution in [0.15, 0.2) is 18.2 Å². The van der Waals surface area contributed by atoms with E-state index in [1.807, 2.05) is 4.72 Å². The molecule has 0 aromatic heterocycles. The number of sulfonamides is 1. The van der Waals surface area contributed by atoms with Gasteiger partial charge in [-0.3, -0.25) is 14.8 Å². The van der Waals surface area contributed by atoms with Gasteiger partial charge in [0.25, 0.3) is 5.69 Å². The van der Waals surface area contributed by atoms with Crippen molar-refractivity contribution >= 4 is 33.0 Å². The number of hydrogen-bond donors (Lipinski definition) is 2. The predicted octanol–water partition coefficient (Wildman–Crippen LogP) is 1.67. The van der Waals surface area contributed by atoms with E-state index >= 15 is 0 Å². The summed E-state index contributed by atoms with van der Waals surface area (Å²) in [6.45, 7) is 0. The number of anilines is 1. The number of nitrogens with zero attached hydrogens (tertiary/aromatic N) is 1. The first-order valence-electron chi connectivity index (χ1n) is 4.90. The SMILES string of the molecule is O=[N+]([O-])c1cccc(O)c1NS(=O)(=O)CCCCl. The van der Waals surface area contributed by atoms with E-state index in [4.69, 9.17) is 11.6 Å². The van der Waals surface area contributed by atoms with E-state index in [-0.39, 0.29) is 18.1 Å². The molecular weight excluding hydrogens is 284 g/mol. The van der Waals surface area contributed by atoms with Crippen LogP contribution in [0.2, 0.25) is 0 Å². The van der Waals surface area contributed by atoms with Crippen molar-refractivity contribution in [1.29, 1.82) is 0 Å². The second-order valence-corrected chi connectivity index (χ2v) is 5.61. The molecule has 0 saturated carbocycles. The molecule has 0 aliphatic carbocycles. The molecule has 2 N–H and O–H groups in total. The standard InChI is InChI=1S/C9H11ClN2O5S/c10-5-2-6-18(16,17)11-9-7(12(14)15)3-1-4-8(9)13/h1,3-4,11,13H,2,5-6H2. The second-order valence-electron chi connectivity index (χ2n) is 3.39. The minimum absolute atomic E-state index is 0.157. The van der Waals surface area contributed by atoms with Crippen molar-refractivity contribution in [2.45, 2.75) is 6.42 Å². The number of nitro groups is 1. The fourth-order valence-electron chi connectivity index (χ4n) is 1.24. The summed E-state index contributed by atoms with van der Waals surface area (Å²) >= 11 is 5.37. The Morgan fingerprint density at radius 1 is 1.44 bits per heavy atom. The van der Waals surface area contributed by atoms with Crippen molar-refractivity contribution in [3.63, 3.8) is 0 Å². The van der Waals surface area contributed by atoms with Gasteiger partial charge in [-0.15, -0.1) is 11.6 Å². The second kappa shape index (κ2) is 5.87. The zero-order valence-electron chi connectivity index (χ0n) is 9.17. The first-order valence-corrected chi connectivity index (χ1v) is 7.09. The van der Waals surface area contributed by atoms with Crippen LogP contribution in [-0.2, 0) is 10.0 Å². The lowest BCUT2D eigenvalue weighted by atomic mass is 10.2. The van der Waals surface area contributed by atoms with Crippen LogP contribution in [0.1, 0.15) is 6.42 Å². The number of phenolic OH excluding ortho intramolecular Hbond substituents is 1. The lowest BCUT2D eigenvalue weighted by molar-refractivity contribution is -0.383. The van der Waals surface area contributed by atoms with Crippen LogP contribution in [0, 0.1) is 10.1 Å². The van der Waals surface area contributed by atoms with E-state index in [0.29, 0.717) is 0 Å². The molecule has 100 valence electrons. The number of hydrogen-bond acceptors (Lipinski definition) is 5. The lowest BCUT2D eigenvalue weighted by Gasteiger charge is -2.09. The molecular formula is C9H11ClN2O5S. The highest BCUT2D eigenvalue weighted by atomic mass is 35.5. The predicted molar refractivity (Wildman–Crippen MR) is 67.5 cm³/mol. The van der Waals surface area contributed by atoms with Crippen LogP contribution < -0.4 is 4.72 Å². The molecule has 1 aromatic carbocycles. The normalized spacial score (nSPS) is 11.2. The van der Waals surface area contributed by atoms with Crippen LogP contribution in [-0.4, -0.2) is 30.1 Å². The maximum Gasteiger partial charge on any atom is 0.297 e. The number of benzene rings is 1. The molecule has 1 aromatic rings. The topological polar surface area (TPSA) is 110 Å². The summed E-state index contributed by atoms with van der Waals surface area (Å²) < 4.78 is 25.2. The highest BCUT2D eigenvalue weighted by molar-refractivity contribution is 7.92. The zero-order valence-corrected chi connectivity index (χ0v) is 10.7. The Balaban J connectivity index is 3.07. The number of rotatable bonds is 6.